The van der Waals surface area contributed by atoms with E-state index in [-0.39, 0.29) is 18.0 Å². The lowest BCUT2D eigenvalue weighted by Gasteiger charge is -2.20. The van der Waals surface area contributed by atoms with E-state index >= 15 is 0 Å². The summed E-state index contributed by atoms with van der Waals surface area (Å²) in [6, 6.07) is 5.64. The minimum absolute atomic E-state index is 0.0297. The van der Waals surface area contributed by atoms with Crippen LogP contribution in [-0.2, 0) is 17.9 Å². The third-order valence-corrected chi connectivity index (χ3v) is 3.21. The second-order valence-corrected chi connectivity index (χ2v) is 6.38. The lowest BCUT2D eigenvalue weighted by atomic mass is 10.1. The molecule has 0 saturated heterocycles. The normalized spacial score (nSPS) is 11.8. The number of nitrogens with one attached hydrogen (secondary N) is 1. The molecule has 1 aromatic carbocycles. The van der Waals surface area contributed by atoms with Gasteiger partial charge in [0.1, 0.15) is 6.54 Å². The average Bonchev–Trinajstić information content (AvgIpc) is 2.64. The van der Waals surface area contributed by atoms with Gasteiger partial charge in [0, 0.05) is 28.7 Å². The minimum atomic E-state index is -0.242. The van der Waals surface area contributed by atoms with Crippen LogP contribution in [0.2, 0.25) is 5.02 Å². The Morgan fingerprint density at radius 3 is 2.70 bits per heavy atom. The molecule has 2 rings (SSSR count). The number of rotatable bonds is 3. The summed E-state index contributed by atoms with van der Waals surface area (Å²) in [5.74, 6) is -0.0297. The Bertz CT molecular complexity index is 640. The summed E-state index contributed by atoms with van der Waals surface area (Å²) in [7, 11) is 0. The van der Waals surface area contributed by atoms with Gasteiger partial charge in [-0.25, -0.2) is 0 Å². The number of hydrogen-bond acceptors (Lipinski definition) is 2. The van der Waals surface area contributed by atoms with Crippen LogP contribution in [0.25, 0.3) is 10.9 Å². The van der Waals surface area contributed by atoms with Crippen LogP contribution in [0.4, 0.5) is 0 Å². The highest BCUT2D eigenvalue weighted by atomic mass is 35.5. The molecule has 2 aromatic rings. The smallest absolute Gasteiger partial charge is 0.240 e. The summed E-state index contributed by atoms with van der Waals surface area (Å²) in [6.07, 6.45) is 1.92. The quantitative estimate of drug-likeness (QED) is 0.914. The molecule has 1 aromatic heterocycles. The summed E-state index contributed by atoms with van der Waals surface area (Å²) in [5, 5.41) is 4.64. The summed E-state index contributed by atoms with van der Waals surface area (Å²) in [4.78, 5) is 12.1. The average molecular weight is 294 g/mol. The molecule has 0 aliphatic carbocycles. The van der Waals surface area contributed by atoms with Crippen molar-refractivity contribution in [2.45, 2.75) is 39.4 Å². The Labute approximate surface area is 123 Å². The molecule has 0 aliphatic heterocycles. The molecule has 0 aliphatic rings. The highest BCUT2D eigenvalue weighted by Crippen LogP contribution is 2.24. The molecule has 4 nitrogen and oxygen atoms in total. The number of nitrogens with zero attached hydrogens (tertiary/aromatic N) is 1. The van der Waals surface area contributed by atoms with Gasteiger partial charge < -0.3 is 15.6 Å². The first-order valence-corrected chi connectivity index (χ1v) is 6.96. The molecule has 0 saturated carbocycles. The first-order valence-electron chi connectivity index (χ1n) is 6.58. The molecule has 1 heterocycles. The molecule has 3 N–H and O–H groups in total. The number of amides is 1. The van der Waals surface area contributed by atoms with Crippen LogP contribution in [0.1, 0.15) is 26.3 Å². The van der Waals surface area contributed by atoms with Crippen LogP contribution in [0.3, 0.4) is 0 Å². The number of fused-ring (bicyclic) bond motifs is 1. The number of benzene rings is 1. The fourth-order valence-electron chi connectivity index (χ4n) is 2.25. The van der Waals surface area contributed by atoms with Crippen molar-refractivity contribution in [3.63, 3.8) is 0 Å². The van der Waals surface area contributed by atoms with Gasteiger partial charge in [0.15, 0.2) is 0 Å². The van der Waals surface area contributed by atoms with Crippen molar-refractivity contribution in [1.29, 1.82) is 0 Å². The standard InChI is InChI=1S/C15H20ClN3O/c1-15(2,3)18-14(20)9-19-8-10(7-17)12-5-4-11(16)6-13(12)19/h4-6,8H,7,9,17H2,1-3H3,(H,18,20). The van der Waals surface area contributed by atoms with Gasteiger partial charge in [-0.1, -0.05) is 17.7 Å². The Morgan fingerprint density at radius 1 is 1.40 bits per heavy atom. The SMILES string of the molecule is CC(C)(C)NC(=O)Cn1cc(CN)c2ccc(Cl)cc21. The van der Waals surface area contributed by atoms with Crippen LogP contribution in [0.15, 0.2) is 24.4 Å². The molecule has 20 heavy (non-hydrogen) atoms. The maximum Gasteiger partial charge on any atom is 0.240 e. The van der Waals surface area contributed by atoms with E-state index in [4.69, 9.17) is 17.3 Å². The third-order valence-electron chi connectivity index (χ3n) is 2.98. The van der Waals surface area contributed by atoms with Gasteiger partial charge in [0.05, 0.1) is 5.52 Å². The van der Waals surface area contributed by atoms with Crippen molar-refractivity contribution in [2.24, 2.45) is 5.73 Å². The van der Waals surface area contributed by atoms with E-state index in [1.807, 2.05) is 49.7 Å². The van der Waals surface area contributed by atoms with E-state index in [2.05, 4.69) is 5.32 Å². The molecular weight excluding hydrogens is 274 g/mol. The number of carbonyl (C=O) groups excluding carboxylic acids is 1. The van der Waals surface area contributed by atoms with Crippen molar-refractivity contribution < 1.29 is 4.79 Å². The van der Waals surface area contributed by atoms with Crippen LogP contribution in [-0.4, -0.2) is 16.0 Å². The van der Waals surface area contributed by atoms with Gasteiger partial charge >= 0.3 is 0 Å². The zero-order chi connectivity index (χ0) is 14.9. The second-order valence-electron chi connectivity index (χ2n) is 5.95. The van der Waals surface area contributed by atoms with Crippen molar-refractivity contribution in [1.82, 2.24) is 9.88 Å². The Kier molecular flexibility index (Phi) is 4.06. The van der Waals surface area contributed by atoms with Gasteiger partial charge in [-0.05, 0) is 38.5 Å². The van der Waals surface area contributed by atoms with E-state index in [1.54, 1.807) is 0 Å². The van der Waals surface area contributed by atoms with Gasteiger partial charge in [-0.15, -0.1) is 0 Å². The van der Waals surface area contributed by atoms with Gasteiger partial charge in [-0.2, -0.15) is 0 Å². The second kappa shape index (κ2) is 5.46. The zero-order valence-corrected chi connectivity index (χ0v) is 12.8. The molecule has 5 heteroatoms. The van der Waals surface area contributed by atoms with Crippen LogP contribution in [0, 0.1) is 0 Å². The van der Waals surface area contributed by atoms with E-state index < -0.39 is 0 Å². The molecule has 0 fully saturated rings. The minimum Gasteiger partial charge on any atom is -0.350 e. The molecular formula is C15H20ClN3O. The highest BCUT2D eigenvalue weighted by molar-refractivity contribution is 6.31. The van der Waals surface area contributed by atoms with Crippen molar-refractivity contribution in [2.75, 3.05) is 0 Å². The molecule has 0 atom stereocenters. The largest absolute Gasteiger partial charge is 0.350 e. The first-order chi connectivity index (χ1) is 9.30. The van der Waals surface area contributed by atoms with Crippen molar-refractivity contribution >= 4 is 28.4 Å². The van der Waals surface area contributed by atoms with Crippen LogP contribution in [0.5, 0.6) is 0 Å². The van der Waals surface area contributed by atoms with Crippen molar-refractivity contribution in [3.8, 4) is 0 Å². The lowest BCUT2D eigenvalue weighted by molar-refractivity contribution is -0.123. The molecule has 0 bridgehead atoms. The van der Waals surface area contributed by atoms with E-state index in [1.165, 1.54) is 0 Å². The fraction of sp³-hybridized carbons (Fsp3) is 0.400. The summed E-state index contributed by atoms with van der Waals surface area (Å²) in [5.41, 5.74) is 7.46. The zero-order valence-electron chi connectivity index (χ0n) is 12.0. The number of nitrogens with two attached hydrogens (primary N) is 1. The van der Waals surface area contributed by atoms with E-state index in [0.29, 0.717) is 11.6 Å². The van der Waals surface area contributed by atoms with Gasteiger partial charge in [0.25, 0.3) is 0 Å². The Hall–Kier alpha value is -1.52. The fourth-order valence-corrected chi connectivity index (χ4v) is 2.41. The summed E-state index contributed by atoms with van der Waals surface area (Å²) >= 11 is 6.04. The van der Waals surface area contributed by atoms with E-state index in [0.717, 1.165) is 16.5 Å². The maximum absolute atomic E-state index is 12.1. The molecule has 108 valence electrons. The Morgan fingerprint density at radius 2 is 2.10 bits per heavy atom. The third kappa shape index (κ3) is 3.32. The van der Waals surface area contributed by atoms with Crippen molar-refractivity contribution in [3.05, 3.63) is 35.0 Å². The number of hydrogen-bond donors (Lipinski definition) is 2. The predicted octanol–water partition coefficient (Wildman–Crippen LogP) is 2.67. The summed E-state index contributed by atoms with van der Waals surface area (Å²) < 4.78 is 1.89. The number of aromatic nitrogens is 1. The van der Waals surface area contributed by atoms with Gasteiger partial charge in [-0.3, -0.25) is 4.79 Å². The number of halogens is 1. The molecule has 0 spiro atoms. The number of carbonyl (C=O) groups is 1. The Balaban J connectivity index is 2.34. The topological polar surface area (TPSA) is 60.0 Å². The van der Waals surface area contributed by atoms with E-state index in [9.17, 15) is 4.79 Å². The first kappa shape index (κ1) is 14.9. The summed E-state index contributed by atoms with van der Waals surface area (Å²) in [6.45, 7) is 6.57. The molecule has 0 radical (unpaired) electrons. The monoisotopic (exact) mass is 293 g/mol. The van der Waals surface area contributed by atoms with Gasteiger partial charge in [0.2, 0.25) is 5.91 Å². The van der Waals surface area contributed by atoms with Crippen LogP contribution >= 0.6 is 11.6 Å². The maximum atomic E-state index is 12.1. The highest BCUT2D eigenvalue weighted by Gasteiger charge is 2.16. The molecule has 0 unspecified atom stereocenters. The van der Waals surface area contributed by atoms with Crippen LogP contribution < -0.4 is 11.1 Å². The lowest BCUT2D eigenvalue weighted by Crippen LogP contribution is -2.42. The molecule has 1 amide bonds. The predicted molar refractivity (Wildman–Crippen MR) is 82.7 cm³/mol.